The molecule has 1 fully saturated rings. The molecule has 0 bridgehead atoms. The Hall–Kier alpha value is -1.07. The molecule has 4 nitrogen and oxygen atoms in total. The average Bonchev–Trinajstić information content (AvgIpc) is 2.90. The number of hydrogen-bond acceptors (Lipinski definition) is 4. The maximum atomic E-state index is 8.85. The molecular formula is C12H16ClN3OS. The Morgan fingerprint density at radius 2 is 2.39 bits per heavy atom. The highest BCUT2D eigenvalue weighted by molar-refractivity contribution is 7.99. The summed E-state index contributed by atoms with van der Waals surface area (Å²) in [7, 11) is 2.04. The van der Waals surface area contributed by atoms with E-state index in [4.69, 9.17) is 22.5 Å². The Morgan fingerprint density at radius 1 is 1.61 bits per heavy atom. The highest BCUT2D eigenvalue weighted by Crippen LogP contribution is 2.29. The lowest BCUT2D eigenvalue weighted by molar-refractivity contribution is 0.318. The van der Waals surface area contributed by atoms with Gasteiger partial charge in [-0.2, -0.15) is 11.8 Å². The van der Waals surface area contributed by atoms with Gasteiger partial charge < -0.3 is 15.8 Å². The average molecular weight is 286 g/mol. The van der Waals surface area contributed by atoms with Crippen molar-refractivity contribution in [3.05, 3.63) is 28.8 Å². The predicted octanol–water partition coefficient (Wildman–Crippen LogP) is 2.38. The standard InChI is InChI=1S/C12H16ClN3OS/c1-16(9-4-5-18-7-9)11-3-2-8(13)6-10(11)12(14)15-17/h2-3,6,9,17H,4-5,7H2,1H3,(H2,14,15). The fraction of sp³-hybridized carbons (Fsp3) is 0.417. The lowest BCUT2D eigenvalue weighted by Crippen LogP contribution is -2.33. The smallest absolute Gasteiger partial charge is 0.172 e. The maximum absolute atomic E-state index is 8.85. The number of thioether (sulfide) groups is 1. The summed E-state index contributed by atoms with van der Waals surface area (Å²) in [5.41, 5.74) is 7.33. The van der Waals surface area contributed by atoms with Crippen LogP contribution in [0.1, 0.15) is 12.0 Å². The first-order valence-electron chi connectivity index (χ1n) is 5.71. The fourth-order valence-electron chi connectivity index (χ4n) is 2.10. The Bertz CT molecular complexity index is 461. The maximum Gasteiger partial charge on any atom is 0.172 e. The second-order valence-corrected chi connectivity index (χ2v) is 5.86. The number of rotatable bonds is 3. The molecule has 0 spiro atoms. The third-order valence-corrected chi connectivity index (χ3v) is 4.56. The van der Waals surface area contributed by atoms with Crippen LogP contribution < -0.4 is 10.6 Å². The van der Waals surface area contributed by atoms with Gasteiger partial charge in [0.2, 0.25) is 0 Å². The third-order valence-electron chi connectivity index (χ3n) is 3.18. The first-order chi connectivity index (χ1) is 8.63. The van der Waals surface area contributed by atoms with Gasteiger partial charge in [-0.25, -0.2) is 0 Å². The van der Waals surface area contributed by atoms with Gasteiger partial charge in [0.25, 0.3) is 0 Å². The van der Waals surface area contributed by atoms with Gasteiger partial charge in [-0.05, 0) is 30.4 Å². The highest BCUT2D eigenvalue weighted by Gasteiger charge is 2.23. The van der Waals surface area contributed by atoms with Gasteiger partial charge in [-0.1, -0.05) is 16.8 Å². The van der Waals surface area contributed by atoms with Crippen LogP contribution in [0.25, 0.3) is 0 Å². The molecule has 1 heterocycles. The van der Waals surface area contributed by atoms with Crippen LogP contribution >= 0.6 is 23.4 Å². The summed E-state index contributed by atoms with van der Waals surface area (Å²) in [6.45, 7) is 0. The molecule has 1 saturated heterocycles. The van der Waals surface area contributed by atoms with Crippen LogP contribution in [-0.4, -0.2) is 35.6 Å². The molecule has 0 aliphatic carbocycles. The molecule has 0 aromatic heterocycles. The summed E-state index contributed by atoms with van der Waals surface area (Å²) in [5, 5.41) is 12.5. The molecule has 1 aliphatic rings. The highest BCUT2D eigenvalue weighted by atomic mass is 35.5. The van der Waals surface area contributed by atoms with E-state index in [-0.39, 0.29) is 5.84 Å². The largest absolute Gasteiger partial charge is 0.409 e. The van der Waals surface area contributed by atoms with Crippen LogP contribution in [0.3, 0.4) is 0 Å². The third kappa shape index (κ3) is 2.67. The molecule has 0 saturated carbocycles. The number of benzene rings is 1. The van der Waals surface area contributed by atoms with Crippen LogP contribution in [0.4, 0.5) is 5.69 Å². The van der Waals surface area contributed by atoms with Crippen molar-refractivity contribution in [1.82, 2.24) is 0 Å². The van der Waals surface area contributed by atoms with Crippen LogP contribution in [0.15, 0.2) is 23.4 Å². The van der Waals surface area contributed by atoms with Crippen molar-refractivity contribution >= 4 is 34.9 Å². The van der Waals surface area contributed by atoms with Crippen molar-refractivity contribution < 1.29 is 5.21 Å². The van der Waals surface area contributed by atoms with Crippen molar-refractivity contribution in [2.75, 3.05) is 23.5 Å². The summed E-state index contributed by atoms with van der Waals surface area (Å²) in [6.07, 6.45) is 1.15. The molecule has 18 heavy (non-hydrogen) atoms. The molecule has 1 unspecified atom stereocenters. The van der Waals surface area contributed by atoms with E-state index in [1.807, 2.05) is 30.9 Å². The Balaban J connectivity index is 2.36. The summed E-state index contributed by atoms with van der Waals surface area (Å²) in [4.78, 5) is 2.18. The number of amidine groups is 1. The molecule has 98 valence electrons. The summed E-state index contributed by atoms with van der Waals surface area (Å²) >= 11 is 7.92. The van der Waals surface area contributed by atoms with E-state index in [9.17, 15) is 0 Å². The number of halogens is 1. The molecular weight excluding hydrogens is 270 g/mol. The zero-order valence-electron chi connectivity index (χ0n) is 10.1. The van der Waals surface area contributed by atoms with Crippen molar-refractivity contribution in [2.24, 2.45) is 10.9 Å². The Kier molecular flexibility index (Phi) is 4.24. The number of hydrogen-bond donors (Lipinski definition) is 2. The topological polar surface area (TPSA) is 61.8 Å². The molecule has 0 amide bonds. The lowest BCUT2D eigenvalue weighted by Gasteiger charge is -2.28. The van der Waals surface area contributed by atoms with E-state index in [1.165, 1.54) is 5.75 Å². The van der Waals surface area contributed by atoms with E-state index in [2.05, 4.69) is 10.1 Å². The molecule has 0 radical (unpaired) electrons. The van der Waals surface area contributed by atoms with Crippen LogP contribution in [0.5, 0.6) is 0 Å². The normalized spacial score (nSPS) is 20.1. The van der Waals surface area contributed by atoms with Crippen molar-refractivity contribution in [2.45, 2.75) is 12.5 Å². The van der Waals surface area contributed by atoms with Crippen molar-refractivity contribution in [3.63, 3.8) is 0 Å². The van der Waals surface area contributed by atoms with Gasteiger partial charge in [0, 0.05) is 35.1 Å². The Labute approximate surface area is 116 Å². The molecule has 1 atom stereocenters. The summed E-state index contributed by atoms with van der Waals surface area (Å²) in [6, 6.07) is 5.95. The van der Waals surface area contributed by atoms with Crippen molar-refractivity contribution in [3.8, 4) is 0 Å². The molecule has 6 heteroatoms. The molecule has 1 aromatic rings. The molecule has 1 aliphatic heterocycles. The SMILES string of the molecule is CN(c1ccc(Cl)cc1C(N)=NO)C1CCSC1. The number of nitrogens with zero attached hydrogens (tertiary/aromatic N) is 2. The number of oxime groups is 1. The van der Waals surface area contributed by atoms with Gasteiger partial charge in [-0.15, -0.1) is 0 Å². The zero-order chi connectivity index (χ0) is 13.1. The van der Waals surface area contributed by atoms with E-state index in [0.717, 1.165) is 17.9 Å². The van der Waals surface area contributed by atoms with Crippen molar-refractivity contribution in [1.29, 1.82) is 0 Å². The first-order valence-corrected chi connectivity index (χ1v) is 7.24. The van der Waals surface area contributed by atoms with E-state index >= 15 is 0 Å². The quantitative estimate of drug-likeness (QED) is 0.387. The van der Waals surface area contributed by atoms with Gasteiger partial charge in [0.1, 0.15) is 0 Å². The molecule has 3 N–H and O–H groups in total. The minimum absolute atomic E-state index is 0.0880. The van der Waals surface area contributed by atoms with E-state index < -0.39 is 0 Å². The second-order valence-electron chi connectivity index (χ2n) is 4.28. The van der Waals surface area contributed by atoms with Crippen LogP contribution in [0, 0.1) is 0 Å². The number of anilines is 1. The minimum Gasteiger partial charge on any atom is -0.409 e. The second kappa shape index (κ2) is 5.71. The minimum atomic E-state index is 0.0880. The van der Waals surface area contributed by atoms with Gasteiger partial charge in [-0.3, -0.25) is 0 Å². The fourth-order valence-corrected chi connectivity index (χ4v) is 3.54. The van der Waals surface area contributed by atoms with Gasteiger partial charge in [0.15, 0.2) is 5.84 Å². The summed E-state index contributed by atoms with van der Waals surface area (Å²) < 4.78 is 0. The monoisotopic (exact) mass is 285 g/mol. The predicted molar refractivity (Wildman–Crippen MR) is 78.1 cm³/mol. The molecule has 1 aromatic carbocycles. The zero-order valence-corrected chi connectivity index (χ0v) is 11.7. The molecule has 2 rings (SSSR count). The first kappa shape index (κ1) is 13.4. The number of nitrogens with two attached hydrogens (primary N) is 1. The van der Waals surface area contributed by atoms with Gasteiger partial charge >= 0.3 is 0 Å². The van der Waals surface area contributed by atoms with Gasteiger partial charge in [0.05, 0.1) is 0 Å². The Morgan fingerprint density at radius 3 is 3.00 bits per heavy atom. The van der Waals surface area contributed by atoms with Crippen LogP contribution in [-0.2, 0) is 0 Å². The van der Waals surface area contributed by atoms with E-state index in [1.54, 1.807) is 6.07 Å². The lowest BCUT2D eigenvalue weighted by atomic mass is 10.1. The van der Waals surface area contributed by atoms with Crippen LogP contribution in [0.2, 0.25) is 5.02 Å². The van der Waals surface area contributed by atoms with E-state index in [0.29, 0.717) is 16.6 Å². The summed E-state index contributed by atoms with van der Waals surface area (Å²) in [5.74, 6) is 2.38.